The van der Waals surface area contributed by atoms with Gasteiger partial charge in [-0.2, -0.15) is 0 Å². The van der Waals surface area contributed by atoms with E-state index in [0.29, 0.717) is 0 Å². The summed E-state index contributed by atoms with van der Waals surface area (Å²) in [5.41, 5.74) is 0. The van der Waals surface area contributed by atoms with Crippen molar-refractivity contribution < 1.29 is 0 Å². The lowest BCUT2D eigenvalue weighted by molar-refractivity contribution is 0.144. The molecule has 3 nitrogen and oxygen atoms in total. The molecule has 0 amide bonds. The lowest BCUT2D eigenvalue weighted by atomic mass is 9.89. The molecule has 3 heteroatoms. The second-order valence-electron chi connectivity index (χ2n) is 6.16. The van der Waals surface area contributed by atoms with Crippen molar-refractivity contribution in [2.45, 2.75) is 57.5 Å². The molecular formula is C15H31N3. The van der Waals surface area contributed by atoms with Crippen LogP contribution in [-0.4, -0.2) is 61.7 Å². The third-order valence-corrected chi connectivity index (χ3v) is 4.60. The first kappa shape index (κ1) is 14.3. The van der Waals surface area contributed by atoms with E-state index in [-0.39, 0.29) is 0 Å². The number of nitrogens with one attached hydrogen (secondary N) is 1. The van der Waals surface area contributed by atoms with Gasteiger partial charge in [0.2, 0.25) is 0 Å². The summed E-state index contributed by atoms with van der Waals surface area (Å²) in [7, 11) is 2.26. The Balaban J connectivity index is 1.80. The zero-order valence-electron chi connectivity index (χ0n) is 12.3. The summed E-state index contributed by atoms with van der Waals surface area (Å²) in [5.74, 6) is 0. The van der Waals surface area contributed by atoms with E-state index >= 15 is 0 Å². The molecule has 1 N–H and O–H groups in total. The minimum absolute atomic E-state index is 0.782. The van der Waals surface area contributed by atoms with Gasteiger partial charge in [0.05, 0.1) is 0 Å². The highest BCUT2D eigenvalue weighted by Gasteiger charge is 2.27. The standard InChI is InChI=1S/C15H31N3/c1-3-8-16-14-6-4-7-15(13-14)18-10-5-9-17(2)11-12-18/h14-16H,3-13H2,1-2H3. The molecule has 2 aliphatic rings. The van der Waals surface area contributed by atoms with Gasteiger partial charge in [0.1, 0.15) is 0 Å². The molecule has 1 heterocycles. The normalized spacial score (nSPS) is 32.3. The molecule has 2 unspecified atom stereocenters. The first-order valence-electron chi connectivity index (χ1n) is 7.95. The van der Waals surface area contributed by atoms with E-state index in [1.54, 1.807) is 0 Å². The SMILES string of the molecule is CCCNC1CCCC(N2CCCN(C)CC2)C1. The second-order valence-corrected chi connectivity index (χ2v) is 6.16. The van der Waals surface area contributed by atoms with Crippen molar-refractivity contribution in [3.63, 3.8) is 0 Å². The molecule has 106 valence electrons. The van der Waals surface area contributed by atoms with E-state index in [1.807, 2.05) is 0 Å². The van der Waals surface area contributed by atoms with Crippen molar-refractivity contribution in [2.24, 2.45) is 0 Å². The quantitative estimate of drug-likeness (QED) is 0.826. The van der Waals surface area contributed by atoms with Crippen LogP contribution in [0.4, 0.5) is 0 Å². The molecule has 0 aromatic rings. The van der Waals surface area contributed by atoms with Crippen LogP contribution in [0.15, 0.2) is 0 Å². The summed E-state index contributed by atoms with van der Waals surface area (Å²) in [6.07, 6.45) is 8.22. The van der Waals surface area contributed by atoms with Gasteiger partial charge in [-0.05, 0) is 58.8 Å². The zero-order chi connectivity index (χ0) is 12.8. The van der Waals surface area contributed by atoms with Crippen LogP contribution in [0.3, 0.4) is 0 Å². The fourth-order valence-corrected chi connectivity index (χ4v) is 3.46. The van der Waals surface area contributed by atoms with E-state index in [2.05, 4.69) is 29.1 Å². The van der Waals surface area contributed by atoms with Crippen molar-refractivity contribution in [3.05, 3.63) is 0 Å². The van der Waals surface area contributed by atoms with Crippen molar-refractivity contribution in [3.8, 4) is 0 Å². The average molecular weight is 253 g/mol. The fourth-order valence-electron chi connectivity index (χ4n) is 3.46. The molecule has 0 aromatic carbocycles. The maximum Gasteiger partial charge on any atom is 0.0112 e. The predicted octanol–water partition coefficient (Wildman–Crippen LogP) is 1.93. The van der Waals surface area contributed by atoms with E-state index in [1.165, 1.54) is 71.2 Å². The van der Waals surface area contributed by atoms with E-state index in [0.717, 1.165) is 12.1 Å². The van der Waals surface area contributed by atoms with Crippen LogP contribution >= 0.6 is 0 Å². The molecule has 2 rings (SSSR count). The summed E-state index contributed by atoms with van der Waals surface area (Å²) in [4.78, 5) is 5.25. The van der Waals surface area contributed by atoms with E-state index < -0.39 is 0 Å². The molecule has 18 heavy (non-hydrogen) atoms. The summed E-state index contributed by atoms with van der Waals surface area (Å²) < 4.78 is 0. The third-order valence-electron chi connectivity index (χ3n) is 4.60. The number of rotatable bonds is 4. The summed E-state index contributed by atoms with van der Waals surface area (Å²) in [6, 6.07) is 1.63. The van der Waals surface area contributed by atoms with E-state index in [4.69, 9.17) is 0 Å². The highest BCUT2D eigenvalue weighted by Crippen LogP contribution is 2.24. The molecule has 0 bridgehead atoms. The maximum atomic E-state index is 3.73. The number of likely N-dealkylation sites (N-methyl/N-ethyl adjacent to an activating group) is 1. The van der Waals surface area contributed by atoms with Crippen molar-refractivity contribution in [2.75, 3.05) is 39.8 Å². The minimum Gasteiger partial charge on any atom is -0.314 e. The van der Waals surface area contributed by atoms with Gasteiger partial charge in [0, 0.05) is 25.2 Å². The Kier molecular flexibility index (Phi) is 5.93. The first-order valence-corrected chi connectivity index (χ1v) is 7.95. The second kappa shape index (κ2) is 7.46. The van der Waals surface area contributed by atoms with Crippen molar-refractivity contribution in [1.82, 2.24) is 15.1 Å². The van der Waals surface area contributed by atoms with Gasteiger partial charge in [-0.1, -0.05) is 13.3 Å². The number of hydrogen-bond acceptors (Lipinski definition) is 3. The molecule has 2 fully saturated rings. The van der Waals surface area contributed by atoms with Gasteiger partial charge in [0.15, 0.2) is 0 Å². The Morgan fingerprint density at radius 3 is 2.78 bits per heavy atom. The van der Waals surface area contributed by atoms with Gasteiger partial charge in [-0.15, -0.1) is 0 Å². The van der Waals surface area contributed by atoms with Crippen molar-refractivity contribution >= 4 is 0 Å². The first-order chi connectivity index (χ1) is 8.79. The summed E-state index contributed by atoms with van der Waals surface area (Å²) >= 11 is 0. The molecule has 0 aromatic heterocycles. The lowest BCUT2D eigenvalue weighted by Gasteiger charge is -2.37. The van der Waals surface area contributed by atoms with Gasteiger partial charge < -0.3 is 10.2 Å². The van der Waals surface area contributed by atoms with Crippen LogP contribution < -0.4 is 5.32 Å². The van der Waals surface area contributed by atoms with E-state index in [9.17, 15) is 0 Å². The van der Waals surface area contributed by atoms with Crippen LogP contribution in [0.5, 0.6) is 0 Å². The lowest BCUT2D eigenvalue weighted by Crippen LogP contribution is -2.45. The van der Waals surface area contributed by atoms with Crippen molar-refractivity contribution in [1.29, 1.82) is 0 Å². The predicted molar refractivity (Wildman–Crippen MR) is 78.0 cm³/mol. The molecule has 2 atom stereocenters. The minimum atomic E-state index is 0.782. The molecule has 1 saturated carbocycles. The summed E-state index contributed by atoms with van der Waals surface area (Å²) in [5, 5.41) is 3.73. The Labute approximate surface area is 113 Å². The highest BCUT2D eigenvalue weighted by atomic mass is 15.2. The Morgan fingerprint density at radius 2 is 1.94 bits per heavy atom. The van der Waals surface area contributed by atoms with Crippen LogP contribution in [0, 0.1) is 0 Å². The van der Waals surface area contributed by atoms with Gasteiger partial charge in [0.25, 0.3) is 0 Å². The van der Waals surface area contributed by atoms with Crippen LogP contribution in [0.2, 0.25) is 0 Å². The maximum absolute atomic E-state index is 3.73. The number of hydrogen-bond donors (Lipinski definition) is 1. The molecule has 1 saturated heterocycles. The molecular weight excluding hydrogens is 222 g/mol. The Bertz CT molecular complexity index is 232. The largest absolute Gasteiger partial charge is 0.314 e. The van der Waals surface area contributed by atoms with Gasteiger partial charge in [-0.25, -0.2) is 0 Å². The Hall–Kier alpha value is -0.120. The molecule has 0 spiro atoms. The third kappa shape index (κ3) is 4.22. The highest BCUT2D eigenvalue weighted by molar-refractivity contribution is 4.85. The molecule has 1 aliphatic heterocycles. The average Bonchev–Trinajstić information content (AvgIpc) is 2.61. The monoisotopic (exact) mass is 253 g/mol. The van der Waals surface area contributed by atoms with Gasteiger partial charge >= 0.3 is 0 Å². The topological polar surface area (TPSA) is 18.5 Å². The fraction of sp³-hybridized carbons (Fsp3) is 1.00. The Morgan fingerprint density at radius 1 is 1.06 bits per heavy atom. The smallest absolute Gasteiger partial charge is 0.0112 e. The van der Waals surface area contributed by atoms with Crippen LogP contribution in [0.25, 0.3) is 0 Å². The van der Waals surface area contributed by atoms with Gasteiger partial charge in [-0.3, -0.25) is 4.90 Å². The zero-order valence-corrected chi connectivity index (χ0v) is 12.3. The van der Waals surface area contributed by atoms with Crippen LogP contribution in [-0.2, 0) is 0 Å². The molecule has 0 radical (unpaired) electrons. The van der Waals surface area contributed by atoms with Crippen LogP contribution in [0.1, 0.15) is 45.4 Å². The summed E-state index contributed by atoms with van der Waals surface area (Å²) in [6.45, 7) is 8.58. The molecule has 1 aliphatic carbocycles. The number of nitrogens with zero attached hydrogens (tertiary/aromatic N) is 2.